The zero-order valence-electron chi connectivity index (χ0n) is 8.44. The van der Waals surface area contributed by atoms with Gasteiger partial charge in [-0.3, -0.25) is 0 Å². The molecule has 0 amide bonds. The first-order valence-electron chi connectivity index (χ1n) is 4.88. The highest BCUT2D eigenvalue weighted by Gasteiger charge is 1.99. The first-order chi connectivity index (χ1) is 7.29. The van der Waals surface area contributed by atoms with Crippen molar-refractivity contribution < 1.29 is 0 Å². The normalized spacial score (nSPS) is 10.3. The van der Waals surface area contributed by atoms with Crippen LogP contribution in [0.2, 0.25) is 0 Å². The van der Waals surface area contributed by atoms with Gasteiger partial charge in [0.05, 0.1) is 11.4 Å². The smallest absolute Gasteiger partial charge is 0.0929 e. The van der Waals surface area contributed by atoms with Gasteiger partial charge in [-0.1, -0.05) is 19.1 Å². The summed E-state index contributed by atoms with van der Waals surface area (Å²) in [5.74, 6) is 0. The molecule has 0 N–H and O–H groups in total. The molecule has 0 aliphatic heterocycles. The minimum Gasteiger partial charge on any atom is -0.155 e. The van der Waals surface area contributed by atoms with E-state index in [0.717, 1.165) is 23.4 Å². The lowest BCUT2D eigenvalue weighted by Crippen LogP contribution is -1.92. The Labute approximate surface area is 103 Å². The summed E-state index contributed by atoms with van der Waals surface area (Å²) in [6.07, 6.45) is 0.931. The third-order valence-corrected chi connectivity index (χ3v) is 2.94. The van der Waals surface area contributed by atoms with Crippen LogP contribution in [0.3, 0.4) is 0 Å². The van der Waals surface area contributed by atoms with Gasteiger partial charge in [-0.05, 0) is 53.3 Å². The highest BCUT2D eigenvalue weighted by Crippen LogP contribution is 2.17. The number of rotatable bonds is 2. The molecular weight excluding hydrogens is 299 g/mol. The van der Waals surface area contributed by atoms with Gasteiger partial charge in [0.15, 0.2) is 0 Å². The van der Waals surface area contributed by atoms with Crippen LogP contribution in [-0.4, -0.2) is 10.2 Å². The van der Waals surface area contributed by atoms with Gasteiger partial charge in [0.2, 0.25) is 0 Å². The quantitative estimate of drug-likeness (QED) is 0.795. The molecule has 2 nitrogen and oxygen atoms in total. The lowest BCUT2D eigenvalue weighted by atomic mass is 10.1. The lowest BCUT2D eigenvalue weighted by Gasteiger charge is -2.00. The Balaban J connectivity index is 2.33. The van der Waals surface area contributed by atoms with Gasteiger partial charge >= 0.3 is 0 Å². The van der Waals surface area contributed by atoms with Crippen molar-refractivity contribution >= 4 is 22.6 Å². The average molecular weight is 310 g/mol. The molecule has 1 aromatic heterocycles. The molecule has 0 saturated heterocycles. The molecule has 76 valence electrons. The van der Waals surface area contributed by atoms with Crippen molar-refractivity contribution in [3.05, 3.63) is 45.7 Å². The van der Waals surface area contributed by atoms with E-state index in [1.807, 2.05) is 12.1 Å². The van der Waals surface area contributed by atoms with Crippen molar-refractivity contribution in [1.29, 1.82) is 0 Å². The first-order valence-corrected chi connectivity index (χ1v) is 5.96. The van der Waals surface area contributed by atoms with E-state index < -0.39 is 0 Å². The van der Waals surface area contributed by atoms with E-state index in [1.54, 1.807) is 0 Å². The van der Waals surface area contributed by atoms with E-state index in [2.05, 4.69) is 64.0 Å². The van der Waals surface area contributed by atoms with Crippen molar-refractivity contribution in [2.24, 2.45) is 0 Å². The maximum Gasteiger partial charge on any atom is 0.0929 e. The van der Waals surface area contributed by atoms with Crippen molar-refractivity contribution in [1.82, 2.24) is 10.2 Å². The Morgan fingerprint density at radius 3 is 2.27 bits per heavy atom. The predicted octanol–water partition coefficient (Wildman–Crippen LogP) is 3.31. The fourth-order valence-electron chi connectivity index (χ4n) is 1.32. The number of hydrogen-bond donors (Lipinski definition) is 0. The molecule has 0 radical (unpaired) electrons. The zero-order chi connectivity index (χ0) is 10.7. The fourth-order valence-corrected chi connectivity index (χ4v) is 1.68. The second-order valence-corrected chi connectivity index (χ2v) is 4.52. The van der Waals surface area contributed by atoms with Crippen LogP contribution in [0.15, 0.2) is 36.4 Å². The Kier molecular flexibility index (Phi) is 3.30. The molecule has 0 aliphatic rings. The summed E-state index contributed by atoms with van der Waals surface area (Å²) in [4.78, 5) is 0. The van der Waals surface area contributed by atoms with Crippen LogP contribution < -0.4 is 0 Å². The van der Waals surface area contributed by atoms with Gasteiger partial charge in [0, 0.05) is 9.13 Å². The highest BCUT2D eigenvalue weighted by molar-refractivity contribution is 14.1. The molecule has 0 atom stereocenters. The summed E-state index contributed by atoms with van der Waals surface area (Å²) in [6.45, 7) is 2.08. The maximum atomic E-state index is 4.20. The summed E-state index contributed by atoms with van der Waals surface area (Å²) in [5.41, 5.74) is 3.08. The number of hydrogen-bond acceptors (Lipinski definition) is 2. The molecule has 3 heteroatoms. The molecule has 0 aliphatic carbocycles. The standard InChI is InChI=1S/C12H11IN2/c1-2-11-7-8-12(15-14-11)9-3-5-10(13)6-4-9/h3-8H,2H2,1H3. The van der Waals surface area contributed by atoms with E-state index >= 15 is 0 Å². The molecule has 0 spiro atoms. The summed E-state index contributed by atoms with van der Waals surface area (Å²) in [5, 5.41) is 8.34. The Morgan fingerprint density at radius 2 is 1.73 bits per heavy atom. The Hall–Kier alpha value is -0.970. The summed E-state index contributed by atoms with van der Waals surface area (Å²) >= 11 is 2.29. The van der Waals surface area contributed by atoms with E-state index in [9.17, 15) is 0 Å². The number of aryl methyl sites for hydroxylation is 1. The van der Waals surface area contributed by atoms with Crippen molar-refractivity contribution in [3.8, 4) is 11.3 Å². The van der Waals surface area contributed by atoms with Crippen molar-refractivity contribution in [2.45, 2.75) is 13.3 Å². The molecule has 15 heavy (non-hydrogen) atoms. The van der Waals surface area contributed by atoms with Crippen molar-refractivity contribution in [3.63, 3.8) is 0 Å². The zero-order valence-corrected chi connectivity index (χ0v) is 10.6. The Morgan fingerprint density at radius 1 is 1.00 bits per heavy atom. The van der Waals surface area contributed by atoms with Crippen LogP contribution in [-0.2, 0) is 6.42 Å². The summed E-state index contributed by atoms with van der Waals surface area (Å²) < 4.78 is 1.23. The van der Waals surface area contributed by atoms with Crippen LogP contribution >= 0.6 is 22.6 Å². The molecule has 0 saturated carbocycles. The summed E-state index contributed by atoms with van der Waals surface area (Å²) in [7, 11) is 0. The second kappa shape index (κ2) is 4.70. The van der Waals surface area contributed by atoms with Gasteiger partial charge in [0.1, 0.15) is 0 Å². The highest BCUT2D eigenvalue weighted by atomic mass is 127. The SMILES string of the molecule is CCc1ccc(-c2ccc(I)cc2)nn1. The van der Waals surface area contributed by atoms with Gasteiger partial charge in [-0.2, -0.15) is 10.2 Å². The molecule has 1 heterocycles. The molecule has 0 bridgehead atoms. The molecule has 2 aromatic rings. The van der Waals surface area contributed by atoms with Crippen LogP contribution in [0.4, 0.5) is 0 Å². The maximum absolute atomic E-state index is 4.20. The molecule has 0 fully saturated rings. The molecule has 1 aromatic carbocycles. The van der Waals surface area contributed by atoms with Gasteiger partial charge < -0.3 is 0 Å². The van der Waals surface area contributed by atoms with Crippen molar-refractivity contribution in [2.75, 3.05) is 0 Å². The fraction of sp³-hybridized carbons (Fsp3) is 0.167. The topological polar surface area (TPSA) is 25.8 Å². The van der Waals surface area contributed by atoms with E-state index in [0.29, 0.717) is 0 Å². The van der Waals surface area contributed by atoms with E-state index in [-0.39, 0.29) is 0 Å². The van der Waals surface area contributed by atoms with Crippen LogP contribution in [0.5, 0.6) is 0 Å². The molecule has 0 unspecified atom stereocenters. The molecular formula is C12H11IN2. The predicted molar refractivity (Wildman–Crippen MR) is 69.6 cm³/mol. The van der Waals surface area contributed by atoms with Gasteiger partial charge in [-0.25, -0.2) is 0 Å². The minimum atomic E-state index is 0.931. The number of nitrogens with zero attached hydrogens (tertiary/aromatic N) is 2. The number of benzene rings is 1. The Bertz CT molecular complexity index is 434. The summed E-state index contributed by atoms with van der Waals surface area (Å²) in [6, 6.07) is 12.3. The third kappa shape index (κ3) is 2.53. The number of aromatic nitrogens is 2. The van der Waals surface area contributed by atoms with Gasteiger partial charge in [-0.15, -0.1) is 0 Å². The average Bonchev–Trinajstić information content (AvgIpc) is 2.30. The molecule has 2 rings (SSSR count). The lowest BCUT2D eigenvalue weighted by molar-refractivity contribution is 0.924. The van der Waals surface area contributed by atoms with Crippen LogP contribution in [0, 0.1) is 3.57 Å². The largest absolute Gasteiger partial charge is 0.155 e. The van der Waals surface area contributed by atoms with Crippen LogP contribution in [0.1, 0.15) is 12.6 Å². The van der Waals surface area contributed by atoms with Crippen LogP contribution in [0.25, 0.3) is 11.3 Å². The third-order valence-electron chi connectivity index (χ3n) is 2.22. The van der Waals surface area contributed by atoms with E-state index in [1.165, 1.54) is 3.57 Å². The second-order valence-electron chi connectivity index (χ2n) is 3.27. The van der Waals surface area contributed by atoms with Gasteiger partial charge in [0.25, 0.3) is 0 Å². The number of halogens is 1. The first kappa shape index (κ1) is 10.5. The minimum absolute atomic E-state index is 0.931. The van der Waals surface area contributed by atoms with E-state index in [4.69, 9.17) is 0 Å². The monoisotopic (exact) mass is 310 g/mol.